The second-order valence-electron chi connectivity index (χ2n) is 4.83. The van der Waals surface area contributed by atoms with Crippen LogP contribution in [-0.4, -0.2) is 35.8 Å². The minimum atomic E-state index is -1.04. The van der Waals surface area contributed by atoms with E-state index >= 15 is 0 Å². The SMILES string of the molecule is COC1CC2(C1)Oc1ccc(C(=O)O)cc1NC2=O. The zero-order chi connectivity index (χ0) is 13.6. The molecule has 6 heteroatoms. The summed E-state index contributed by atoms with van der Waals surface area (Å²) in [6.45, 7) is 0. The third-order valence-electron chi connectivity index (χ3n) is 3.64. The molecule has 1 aliphatic heterocycles. The Morgan fingerprint density at radius 3 is 2.89 bits per heavy atom. The van der Waals surface area contributed by atoms with E-state index in [1.165, 1.54) is 12.1 Å². The molecule has 0 unspecified atom stereocenters. The average Bonchev–Trinajstić information content (AvgIpc) is 2.34. The summed E-state index contributed by atoms with van der Waals surface area (Å²) in [6.07, 6.45) is 1.05. The molecular weight excluding hydrogens is 250 g/mol. The number of hydrogen-bond acceptors (Lipinski definition) is 4. The highest BCUT2D eigenvalue weighted by atomic mass is 16.5. The Bertz CT molecular complexity index is 562. The fourth-order valence-corrected chi connectivity index (χ4v) is 2.45. The summed E-state index contributed by atoms with van der Waals surface area (Å²) in [6, 6.07) is 4.42. The Hall–Kier alpha value is -2.08. The summed E-state index contributed by atoms with van der Waals surface area (Å²) in [4.78, 5) is 22.9. The predicted molar refractivity (Wildman–Crippen MR) is 65.4 cm³/mol. The minimum absolute atomic E-state index is 0.0330. The number of methoxy groups -OCH3 is 1. The number of nitrogens with one attached hydrogen (secondary N) is 1. The van der Waals surface area contributed by atoms with Gasteiger partial charge in [-0.3, -0.25) is 4.79 Å². The van der Waals surface area contributed by atoms with Gasteiger partial charge >= 0.3 is 5.97 Å². The molecular formula is C13H13NO5. The van der Waals surface area contributed by atoms with Crippen LogP contribution in [0.25, 0.3) is 0 Å². The third-order valence-corrected chi connectivity index (χ3v) is 3.64. The summed E-state index contributed by atoms with van der Waals surface area (Å²) in [5, 5.41) is 11.6. The number of benzene rings is 1. The van der Waals surface area contributed by atoms with Crippen LogP contribution in [0.4, 0.5) is 5.69 Å². The molecule has 1 spiro atoms. The molecule has 1 aliphatic carbocycles. The maximum absolute atomic E-state index is 12.1. The van der Waals surface area contributed by atoms with Crippen LogP contribution < -0.4 is 10.1 Å². The molecule has 0 saturated heterocycles. The number of fused-ring (bicyclic) bond motifs is 1. The summed E-state index contributed by atoms with van der Waals surface area (Å²) < 4.78 is 10.9. The van der Waals surface area contributed by atoms with Gasteiger partial charge in [0, 0.05) is 20.0 Å². The van der Waals surface area contributed by atoms with Crippen molar-refractivity contribution in [1.82, 2.24) is 0 Å². The highest BCUT2D eigenvalue weighted by Gasteiger charge is 2.55. The number of aromatic carboxylic acids is 1. The molecule has 1 aromatic carbocycles. The van der Waals surface area contributed by atoms with Crippen molar-refractivity contribution in [3.05, 3.63) is 23.8 Å². The lowest BCUT2D eigenvalue weighted by molar-refractivity contribution is -0.156. The lowest BCUT2D eigenvalue weighted by Gasteiger charge is -2.47. The van der Waals surface area contributed by atoms with Crippen molar-refractivity contribution in [2.24, 2.45) is 0 Å². The van der Waals surface area contributed by atoms with Crippen LogP contribution >= 0.6 is 0 Å². The van der Waals surface area contributed by atoms with Crippen molar-refractivity contribution < 1.29 is 24.2 Å². The van der Waals surface area contributed by atoms with Crippen LogP contribution in [0.5, 0.6) is 5.75 Å². The Kier molecular flexibility index (Phi) is 2.50. The molecule has 2 N–H and O–H groups in total. The first kappa shape index (κ1) is 12.0. The molecule has 0 atom stereocenters. The molecule has 0 bridgehead atoms. The zero-order valence-corrected chi connectivity index (χ0v) is 10.3. The summed E-state index contributed by atoms with van der Waals surface area (Å²) in [7, 11) is 1.60. The molecule has 0 aromatic heterocycles. The molecule has 19 heavy (non-hydrogen) atoms. The number of rotatable bonds is 2. The van der Waals surface area contributed by atoms with E-state index in [9.17, 15) is 9.59 Å². The van der Waals surface area contributed by atoms with Gasteiger partial charge < -0.3 is 19.9 Å². The number of carboxylic acid groups (broad SMARTS) is 1. The first-order chi connectivity index (χ1) is 9.04. The van der Waals surface area contributed by atoms with Gasteiger partial charge in [-0.15, -0.1) is 0 Å². The largest absolute Gasteiger partial charge is 0.478 e. The highest BCUT2D eigenvalue weighted by Crippen LogP contribution is 2.44. The van der Waals surface area contributed by atoms with Gasteiger partial charge in [-0.05, 0) is 18.2 Å². The second kappa shape index (κ2) is 3.96. The minimum Gasteiger partial charge on any atom is -0.478 e. The lowest BCUT2D eigenvalue weighted by atomic mass is 9.75. The van der Waals surface area contributed by atoms with Gasteiger partial charge in [0.05, 0.1) is 17.4 Å². The van der Waals surface area contributed by atoms with Crippen LogP contribution in [0.2, 0.25) is 0 Å². The number of carbonyl (C=O) groups is 2. The molecule has 3 rings (SSSR count). The van der Waals surface area contributed by atoms with Gasteiger partial charge in [-0.25, -0.2) is 4.79 Å². The van der Waals surface area contributed by atoms with Crippen molar-refractivity contribution in [3.8, 4) is 5.75 Å². The maximum atomic E-state index is 12.1. The summed E-state index contributed by atoms with van der Waals surface area (Å²) in [5.41, 5.74) is -0.350. The van der Waals surface area contributed by atoms with E-state index in [1.54, 1.807) is 13.2 Å². The van der Waals surface area contributed by atoms with Crippen LogP contribution in [0.15, 0.2) is 18.2 Å². The number of amides is 1. The highest BCUT2D eigenvalue weighted by molar-refractivity contribution is 6.02. The van der Waals surface area contributed by atoms with Crippen molar-refractivity contribution in [3.63, 3.8) is 0 Å². The standard InChI is InChI=1S/C13H13NO5/c1-18-8-5-13(6-8)12(17)14-9-4-7(11(15)16)2-3-10(9)19-13/h2-4,8H,5-6H2,1H3,(H,14,17)(H,15,16). The van der Waals surface area contributed by atoms with Crippen molar-refractivity contribution in [2.75, 3.05) is 12.4 Å². The molecule has 1 saturated carbocycles. The monoisotopic (exact) mass is 263 g/mol. The van der Waals surface area contributed by atoms with Crippen LogP contribution in [0.3, 0.4) is 0 Å². The van der Waals surface area contributed by atoms with E-state index in [1.807, 2.05) is 0 Å². The molecule has 1 heterocycles. The smallest absolute Gasteiger partial charge is 0.335 e. The predicted octanol–water partition coefficient (Wildman–Crippen LogP) is 1.26. The van der Waals surface area contributed by atoms with E-state index < -0.39 is 11.6 Å². The molecule has 1 amide bonds. The molecule has 100 valence electrons. The van der Waals surface area contributed by atoms with Crippen molar-refractivity contribution in [1.29, 1.82) is 0 Å². The zero-order valence-electron chi connectivity index (χ0n) is 10.3. The van der Waals surface area contributed by atoms with E-state index in [4.69, 9.17) is 14.6 Å². The molecule has 1 aromatic rings. The van der Waals surface area contributed by atoms with Gasteiger partial charge in [0.1, 0.15) is 5.75 Å². The number of anilines is 1. The molecule has 1 fully saturated rings. The Morgan fingerprint density at radius 2 is 2.26 bits per heavy atom. The van der Waals surface area contributed by atoms with Gasteiger partial charge in [-0.2, -0.15) is 0 Å². The number of carboxylic acids is 1. The number of carbonyl (C=O) groups excluding carboxylic acids is 1. The van der Waals surface area contributed by atoms with Crippen LogP contribution in [-0.2, 0) is 9.53 Å². The topological polar surface area (TPSA) is 84.9 Å². The molecule has 2 aliphatic rings. The fourth-order valence-electron chi connectivity index (χ4n) is 2.45. The van der Waals surface area contributed by atoms with E-state index in [2.05, 4.69) is 5.32 Å². The number of ether oxygens (including phenoxy) is 2. The first-order valence-electron chi connectivity index (χ1n) is 5.95. The molecule has 0 radical (unpaired) electrons. The van der Waals surface area contributed by atoms with E-state index in [0.29, 0.717) is 24.3 Å². The van der Waals surface area contributed by atoms with Gasteiger partial charge in [-0.1, -0.05) is 0 Å². The Morgan fingerprint density at radius 1 is 1.53 bits per heavy atom. The van der Waals surface area contributed by atoms with Crippen molar-refractivity contribution >= 4 is 17.6 Å². The Balaban J connectivity index is 1.89. The van der Waals surface area contributed by atoms with Crippen molar-refractivity contribution in [2.45, 2.75) is 24.5 Å². The Labute approximate surface area is 109 Å². The average molecular weight is 263 g/mol. The number of hydrogen-bond donors (Lipinski definition) is 2. The van der Waals surface area contributed by atoms with E-state index in [0.717, 1.165) is 0 Å². The third kappa shape index (κ3) is 1.76. The van der Waals surface area contributed by atoms with Gasteiger partial charge in [0.2, 0.25) is 0 Å². The quantitative estimate of drug-likeness (QED) is 0.839. The lowest BCUT2D eigenvalue weighted by Crippen LogP contribution is -2.61. The summed E-state index contributed by atoms with van der Waals surface area (Å²) >= 11 is 0. The fraction of sp³-hybridized carbons (Fsp3) is 0.385. The normalized spacial score (nSPS) is 28.1. The summed E-state index contributed by atoms with van der Waals surface area (Å²) in [5.74, 6) is -0.782. The maximum Gasteiger partial charge on any atom is 0.335 e. The van der Waals surface area contributed by atoms with Crippen LogP contribution in [0.1, 0.15) is 23.2 Å². The van der Waals surface area contributed by atoms with Crippen LogP contribution in [0, 0.1) is 0 Å². The second-order valence-corrected chi connectivity index (χ2v) is 4.83. The molecule has 6 nitrogen and oxygen atoms in total. The van der Waals surface area contributed by atoms with E-state index in [-0.39, 0.29) is 17.6 Å². The van der Waals surface area contributed by atoms with Gasteiger partial charge in [0.15, 0.2) is 5.60 Å². The van der Waals surface area contributed by atoms with Gasteiger partial charge in [0.25, 0.3) is 5.91 Å². The first-order valence-corrected chi connectivity index (χ1v) is 5.95.